The molecule has 18 heavy (non-hydrogen) atoms. The number of primary amides is 1. The van der Waals surface area contributed by atoms with E-state index in [1.807, 2.05) is 0 Å². The molecule has 0 saturated carbocycles. The molecule has 1 aromatic rings. The molecule has 0 aromatic heterocycles. The van der Waals surface area contributed by atoms with Crippen LogP contribution in [0.5, 0.6) is 0 Å². The number of amides is 1. The molecule has 1 atom stereocenters. The van der Waals surface area contributed by atoms with Crippen molar-refractivity contribution in [3.05, 3.63) is 35.4 Å². The third-order valence-corrected chi connectivity index (χ3v) is 2.57. The molecule has 1 amide bonds. The molecule has 0 bridgehead atoms. The van der Waals surface area contributed by atoms with Crippen LogP contribution in [0.15, 0.2) is 29.4 Å². The van der Waals surface area contributed by atoms with Gasteiger partial charge in [0.05, 0.1) is 0 Å². The van der Waals surface area contributed by atoms with Gasteiger partial charge in [-0.1, -0.05) is 23.4 Å². The van der Waals surface area contributed by atoms with Crippen LogP contribution < -0.4 is 5.73 Å². The van der Waals surface area contributed by atoms with Crippen LogP contribution in [0.4, 0.5) is 13.2 Å². The van der Waals surface area contributed by atoms with Crippen molar-refractivity contribution in [2.75, 3.05) is 0 Å². The zero-order chi connectivity index (χ0) is 13.3. The summed E-state index contributed by atoms with van der Waals surface area (Å²) in [6.07, 6.45) is -5.87. The zero-order valence-corrected chi connectivity index (χ0v) is 9.07. The van der Waals surface area contributed by atoms with Crippen LogP contribution in [-0.4, -0.2) is 17.8 Å². The summed E-state index contributed by atoms with van der Waals surface area (Å²) in [4.78, 5) is 15.9. The molecule has 1 aliphatic rings. The predicted molar refractivity (Wildman–Crippen MR) is 56.9 cm³/mol. The number of rotatable bonds is 2. The average Bonchev–Trinajstić information content (AvgIpc) is 2.77. The van der Waals surface area contributed by atoms with E-state index in [0.717, 1.165) is 0 Å². The van der Waals surface area contributed by atoms with Crippen LogP contribution in [0.25, 0.3) is 0 Å². The topological polar surface area (TPSA) is 64.7 Å². The summed E-state index contributed by atoms with van der Waals surface area (Å²) in [5.41, 5.74) is 4.61. The van der Waals surface area contributed by atoms with E-state index >= 15 is 0 Å². The van der Waals surface area contributed by atoms with E-state index in [0.29, 0.717) is 5.56 Å². The van der Waals surface area contributed by atoms with Crippen molar-refractivity contribution >= 4 is 11.6 Å². The minimum atomic E-state index is -4.52. The smallest absolute Gasteiger partial charge is 0.387 e. The molecule has 96 valence electrons. The van der Waals surface area contributed by atoms with Gasteiger partial charge >= 0.3 is 6.18 Å². The van der Waals surface area contributed by atoms with E-state index < -0.39 is 30.3 Å². The predicted octanol–water partition coefficient (Wildman–Crippen LogP) is 2.17. The monoisotopic (exact) mass is 258 g/mol. The summed E-state index contributed by atoms with van der Waals surface area (Å²) in [6.45, 7) is 0. The number of alkyl halides is 3. The maximum Gasteiger partial charge on any atom is 0.432 e. The third kappa shape index (κ3) is 2.29. The molecule has 0 radical (unpaired) electrons. The van der Waals surface area contributed by atoms with Crippen LogP contribution in [0, 0.1) is 0 Å². The van der Waals surface area contributed by atoms with Crippen LogP contribution in [-0.2, 0) is 4.84 Å². The summed E-state index contributed by atoms with van der Waals surface area (Å²) in [5.74, 6) is -0.713. The molecule has 7 heteroatoms. The Morgan fingerprint density at radius 1 is 1.39 bits per heavy atom. The van der Waals surface area contributed by atoms with Crippen LogP contribution in [0.1, 0.15) is 28.4 Å². The molecule has 0 spiro atoms. The minimum absolute atomic E-state index is 0.140. The molecule has 1 aromatic carbocycles. The lowest BCUT2D eigenvalue weighted by atomic mass is 9.98. The number of oxime groups is 1. The summed E-state index contributed by atoms with van der Waals surface area (Å²) < 4.78 is 37.2. The number of carbonyl (C=O) groups excluding carboxylic acids is 1. The number of benzene rings is 1. The summed E-state index contributed by atoms with van der Waals surface area (Å²) in [5, 5.41) is 3.00. The molecule has 1 aliphatic heterocycles. The highest BCUT2D eigenvalue weighted by molar-refractivity contribution is 5.95. The lowest BCUT2D eigenvalue weighted by Gasteiger charge is -2.12. The highest BCUT2D eigenvalue weighted by Gasteiger charge is 2.42. The van der Waals surface area contributed by atoms with Gasteiger partial charge in [0.1, 0.15) is 0 Å². The van der Waals surface area contributed by atoms with Gasteiger partial charge in [-0.25, -0.2) is 0 Å². The van der Waals surface area contributed by atoms with E-state index in [1.165, 1.54) is 12.1 Å². The van der Waals surface area contributed by atoms with Gasteiger partial charge in [0.15, 0.2) is 11.8 Å². The average molecular weight is 258 g/mol. The third-order valence-electron chi connectivity index (χ3n) is 2.57. The van der Waals surface area contributed by atoms with Gasteiger partial charge in [0.25, 0.3) is 0 Å². The van der Waals surface area contributed by atoms with Gasteiger partial charge in [-0.2, -0.15) is 13.2 Å². The largest absolute Gasteiger partial charge is 0.432 e. The number of halogens is 3. The van der Waals surface area contributed by atoms with E-state index in [-0.39, 0.29) is 5.56 Å². The van der Waals surface area contributed by atoms with Crippen molar-refractivity contribution in [2.24, 2.45) is 10.9 Å². The molecule has 1 unspecified atom stereocenters. The SMILES string of the molecule is NC(=O)c1ccccc1C1CC(C(F)(F)F)=NO1. The Morgan fingerprint density at radius 2 is 2.06 bits per heavy atom. The van der Waals surface area contributed by atoms with E-state index in [2.05, 4.69) is 5.16 Å². The van der Waals surface area contributed by atoms with Gasteiger partial charge in [0, 0.05) is 17.5 Å². The minimum Gasteiger partial charge on any atom is -0.387 e. The first-order chi connectivity index (χ1) is 8.39. The van der Waals surface area contributed by atoms with Crippen molar-refractivity contribution in [3.63, 3.8) is 0 Å². The molecule has 0 aliphatic carbocycles. The maximum atomic E-state index is 12.4. The first kappa shape index (κ1) is 12.4. The standard InChI is InChI=1S/C11H9F3N2O2/c12-11(13,14)9-5-8(18-16-9)6-3-1-2-4-7(6)10(15)17/h1-4,8H,5H2,(H2,15,17). The van der Waals surface area contributed by atoms with Gasteiger partial charge in [-0.05, 0) is 6.07 Å². The van der Waals surface area contributed by atoms with Crippen LogP contribution in [0.2, 0.25) is 0 Å². The van der Waals surface area contributed by atoms with Crippen molar-refractivity contribution in [1.29, 1.82) is 0 Å². The Labute approximate surface area is 100 Å². The number of nitrogens with two attached hydrogens (primary N) is 1. The normalized spacial score (nSPS) is 19.3. The quantitative estimate of drug-likeness (QED) is 0.883. The highest BCUT2D eigenvalue weighted by Crippen LogP contribution is 2.34. The van der Waals surface area contributed by atoms with E-state index in [4.69, 9.17) is 10.6 Å². The van der Waals surface area contributed by atoms with Crippen molar-refractivity contribution in [3.8, 4) is 0 Å². The van der Waals surface area contributed by atoms with Crippen LogP contribution >= 0.6 is 0 Å². The fourth-order valence-electron chi connectivity index (χ4n) is 1.71. The number of hydrogen-bond donors (Lipinski definition) is 1. The van der Waals surface area contributed by atoms with Gasteiger partial charge in [-0.3, -0.25) is 4.79 Å². The molecular formula is C11H9F3N2O2. The molecular weight excluding hydrogens is 249 g/mol. The Balaban J connectivity index is 2.24. The number of carbonyl (C=O) groups is 1. The maximum absolute atomic E-state index is 12.4. The number of nitrogens with zero attached hydrogens (tertiary/aromatic N) is 1. The van der Waals surface area contributed by atoms with E-state index in [9.17, 15) is 18.0 Å². The summed E-state index contributed by atoms with van der Waals surface area (Å²) in [6, 6.07) is 6.10. The lowest BCUT2D eigenvalue weighted by molar-refractivity contribution is -0.0604. The second-order valence-corrected chi connectivity index (χ2v) is 3.79. The molecule has 2 N–H and O–H groups in total. The van der Waals surface area contributed by atoms with Gasteiger partial charge < -0.3 is 10.6 Å². The van der Waals surface area contributed by atoms with Crippen molar-refractivity contribution < 1.29 is 22.8 Å². The fourth-order valence-corrected chi connectivity index (χ4v) is 1.71. The Bertz CT molecular complexity index is 511. The first-order valence-electron chi connectivity index (χ1n) is 5.08. The van der Waals surface area contributed by atoms with Crippen molar-refractivity contribution in [1.82, 2.24) is 0 Å². The zero-order valence-electron chi connectivity index (χ0n) is 9.07. The van der Waals surface area contributed by atoms with Gasteiger partial charge in [0.2, 0.25) is 5.91 Å². The molecule has 1 heterocycles. The molecule has 0 saturated heterocycles. The molecule has 4 nitrogen and oxygen atoms in total. The highest BCUT2D eigenvalue weighted by atomic mass is 19.4. The van der Waals surface area contributed by atoms with Crippen molar-refractivity contribution in [2.45, 2.75) is 18.7 Å². The molecule has 2 rings (SSSR count). The lowest BCUT2D eigenvalue weighted by Crippen LogP contribution is -2.22. The second-order valence-electron chi connectivity index (χ2n) is 3.79. The Morgan fingerprint density at radius 3 is 2.61 bits per heavy atom. The first-order valence-corrected chi connectivity index (χ1v) is 5.08. The Hall–Kier alpha value is -2.05. The number of hydrogen-bond acceptors (Lipinski definition) is 3. The Kier molecular flexibility index (Phi) is 2.98. The van der Waals surface area contributed by atoms with Gasteiger partial charge in [-0.15, -0.1) is 0 Å². The summed E-state index contributed by atoms with van der Waals surface area (Å²) in [7, 11) is 0. The summed E-state index contributed by atoms with van der Waals surface area (Å²) >= 11 is 0. The molecule has 0 fully saturated rings. The van der Waals surface area contributed by atoms with Crippen LogP contribution in [0.3, 0.4) is 0 Å². The second kappa shape index (κ2) is 4.32. The fraction of sp³-hybridized carbons (Fsp3) is 0.273. The van der Waals surface area contributed by atoms with E-state index in [1.54, 1.807) is 12.1 Å².